The molecule has 0 aliphatic rings. The van der Waals surface area contributed by atoms with Crippen LogP contribution in [0.15, 0.2) is 5.16 Å². The average Bonchev–Trinajstić information content (AvgIpc) is 2.58. The molecule has 0 aromatic carbocycles. The highest BCUT2D eigenvalue weighted by Crippen LogP contribution is 2.07. The topological polar surface area (TPSA) is 152 Å². The molecule has 85 valence electrons. The van der Waals surface area contributed by atoms with Gasteiger partial charge in [0.05, 0.1) is 0 Å². The number of hydrogen-bond acceptors (Lipinski definition) is 8. The Labute approximate surface area is 92.9 Å². The smallest absolute Gasteiger partial charge is 0.344 e. The minimum atomic E-state index is -1.26. The van der Waals surface area contributed by atoms with Gasteiger partial charge in [-0.1, -0.05) is 5.16 Å². The molecule has 0 saturated carbocycles. The molecule has 0 spiro atoms. The summed E-state index contributed by atoms with van der Waals surface area (Å²) in [6.07, 6.45) is 0. The van der Waals surface area contributed by atoms with Crippen LogP contribution >= 0.6 is 11.5 Å². The monoisotopic (exact) mass is 244 g/mol. The standard InChI is InChI=1S/C6H6N5O4S/c7-4(14)3(10-15-1-2(12)13)5-9-6(8)16-11-5/h7H,1H2,(H,12,13)(H2,8,9,11)/b10-3+. The van der Waals surface area contributed by atoms with Crippen LogP contribution in [0.1, 0.15) is 5.82 Å². The van der Waals surface area contributed by atoms with Crippen LogP contribution in [-0.2, 0) is 14.4 Å². The molecular weight excluding hydrogens is 238 g/mol. The van der Waals surface area contributed by atoms with Crippen LogP contribution in [0.2, 0.25) is 0 Å². The zero-order valence-electron chi connectivity index (χ0n) is 7.71. The number of rotatable bonds is 5. The van der Waals surface area contributed by atoms with Gasteiger partial charge in [0.2, 0.25) is 18.1 Å². The second-order valence-corrected chi connectivity index (χ2v) is 3.18. The molecule has 10 heteroatoms. The van der Waals surface area contributed by atoms with Gasteiger partial charge in [0.1, 0.15) is 0 Å². The van der Waals surface area contributed by atoms with Gasteiger partial charge in [0, 0.05) is 11.5 Å². The summed E-state index contributed by atoms with van der Waals surface area (Å²) in [6.45, 7) is -0.726. The van der Waals surface area contributed by atoms with Gasteiger partial charge in [-0.25, -0.2) is 4.79 Å². The van der Waals surface area contributed by atoms with Gasteiger partial charge < -0.3 is 15.7 Å². The maximum absolute atomic E-state index is 10.8. The first-order valence-corrected chi connectivity index (χ1v) is 4.55. The van der Waals surface area contributed by atoms with Crippen molar-refractivity contribution >= 4 is 34.3 Å². The molecule has 1 radical (unpaired) electrons. The molecule has 0 saturated heterocycles. The number of nitrogens with zero attached hydrogens (tertiary/aromatic N) is 3. The summed E-state index contributed by atoms with van der Waals surface area (Å²) < 4.78 is 3.64. The van der Waals surface area contributed by atoms with Gasteiger partial charge in [-0.3, -0.25) is 10.5 Å². The van der Waals surface area contributed by atoms with E-state index < -0.39 is 24.2 Å². The number of nitrogens with one attached hydrogen (secondary N) is 1. The molecule has 1 rings (SSSR count). The van der Waals surface area contributed by atoms with Crippen molar-refractivity contribution in [1.29, 1.82) is 0 Å². The molecule has 1 amide bonds. The third kappa shape index (κ3) is 3.16. The Balaban J connectivity index is 2.83. The minimum absolute atomic E-state index is 0.0992. The van der Waals surface area contributed by atoms with Crippen molar-refractivity contribution in [2.45, 2.75) is 0 Å². The molecule has 0 bridgehead atoms. The molecule has 1 aromatic rings. The Morgan fingerprint density at radius 2 is 2.31 bits per heavy atom. The van der Waals surface area contributed by atoms with Crippen LogP contribution in [0.5, 0.6) is 0 Å². The van der Waals surface area contributed by atoms with E-state index in [0.717, 1.165) is 11.5 Å². The Kier molecular flexibility index (Phi) is 3.72. The fourth-order valence-corrected chi connectivity index (χ4v) is 1.10. The SMILES string of the molecule is [NH]C(=O)/C(=N\OCC(=O)O)c1nsc(N)n1. The van der Waals surface area contributed by atoms with Gasteiger partial charge in [-0.2, -0.15) is 9.36 Å². The van der Waals surface area contributed by atoms with Crippen LogP contribution in [-0.4, -0.2) is 38.7 Å². The lowest BCUT2D eigenvalue weighted by Crippen LogP contribution is -2.19. The number of aliphatic carboxylic acids is 1. The predicted molar refractivity (Wildman–Crippen MR) is 52.5 cm³/mol. The van der Waals surface area contributed by atoms with E-state index in [1.165, 1.54) is 0 Å². The number of aromatic nitrogens is 2. The van der Waals surface area contributed by atoms with E-state index in [9.17, 15) is 9.59 Å². The quantitative estimate of drug-likeness (QED) is 0.484. The Hall–Kier alpha value is -2.23. The Morgan fingerprint density at radius 3 is 2.75 bits per heavy atom. The van der Waals surface area contributed by atoms with Crippen LogP contribution in [0.4, 0.5) is 5.13 Å². The fraction of sp³-hybridized carbons (Fsp3) is 0.167. The number of carbonyl (C=O) groups is 2. The molecule has 1 heterocycles. The Morgan fingerprint density at radius 1 is 1.62 bits per heavy atom. The van der Waals surface area contributed by atoms with Crippen LogP contribution in [0.3, 0.4) is 0 Å². The van der Waals surface area contributed by atoms with E-state index >= 15 is 0 Å². The van der Waals surface area contributed by atoms with Crippen LogP contribution < -0.4 is 11.5 Å². The van der Waals surface area contributed by atoms with E-state index in [1.54, 1.807) is 0 Å². The van der Waals surface area contributed by atoms with Crippen molar-refractivity contribution < 1.29 is 19.5 Å². The summed E-state index contributed by atoms with van der Waals surface area (Å²) in [7, 11) is 0. The van der Waals surface area contributed by atoms with E-state index in [2.05, 4.69) is 19.4 Å². The van der Waals surface area contributed by atoms with Gasteiger partial charge >= 0.3 is 5.97 Å². The number of anilines is 1. The second-order valence-electron chi connectivity index (χ2n) is 2.39. The number of carboxylic acid groups (broad SMARTS) is 1. The first-order chi connectivity index (χ1) is 7.50. The number of nitrogen functional groups attached to an aromatic ring is 1. The number of oxime groups is 1. The summed E-state index contributed by atoms with van der Waals surface area (Å²) >= 11 is 0.818. The van der Waals surface area contributed by atoms with Gasteiger partial charge in [0.15, 0.2) is 5.13 Å². The fourth-order valence-electron chi connectivity index (χ4n) is 0.667. The highest BCUT2D eigenvalue weighted by molar-refractivity contribution is 7.09. The average molecular weight is 244 g/mol. The lowest BCUT2D eigenvalue weighted by molar-refractivity contribution is -0.142. The van der Waals surface area contributed by atoms with E-state index in [0.29, 0.717) is 0 Å². The maximum atomic E-state index is 10.8. The lowest BCUT2D eigenvalue weighted by atomic mass is 10.3. The second kappa shape index (κ2) is 5.02. The van der Waals surface area contributed by atoms with Crippen LogP contribution in [0, 0.1) is 0 Å². The third-order valence-electron chi connectivity index (χ3n) is 1.21. The molecule has 0 atom stereocenters. The molecule has 9 nitrogen and oxygen atoms in total. The zero-order valence-corrected chi connectivity index (χ0v) is 8.52. The van der Waals surface area contributed by atoms with Gasteiger partial charge in [-0.15, -0.1) is 0 Å². The van der Waals surface area contributed by atoms with E-state index in [4.69, 9.17) is 16.6 Å². The summed E-state index contributed by atoms with van der Waals surface area (Å²) in [5, 5.41) is 11.5. The Bertz CT molecular complexity index is 442. The minimum Gasteiger partial charge on any atom is -0.479 e. The molecule has 4 N–H and O–H groups in total. The molecule has 0 unspecified atom stereocenters. The van der Waals surface area contributed by atoms with Crippen molar-refractivity contribution in [2.24, 2.45) is 5.16 Å². The molecule has 16 heavy (non-hydrogen) atoms. The number of carboxylic acids is 1. The van der Waals surface area contributed by atoms with Crippen molar-refractivity contribution in [1.82, 2.24) is 15.1 Å². The van der Waals surface area contributed by atoms with E-state index in [1.807, 2.05) is 0 Å². The summed E-state index contributed by atoms with van der Waals surface area (Å²) in [6, 6.07) is 0. The van der Waals surface area contributed by atoms with Gasteiger partial charge in [0.25, 0.3) is 5.91 Å². The third-order valence-corrected chi connectivity index (χ3v) is 1.76. The molecule has 0 aliphatic carbocycles. The maximum Gasteiger partial charge on any atom is 0.344 e. The first-order valence-electron chi connectivity index (χ1n) is 3.78. The number of carbonyl (C=O) groups excluding carboxylic acids is 1. The normalized spacial score (nSPS) is 11.1. The highest BCUT2D eigenvalue weighted by atomic mass is 32.1. The summed E-state index contributed by atoms with van der Waals surface area (Å²) in [5.41, 5.74) is 11.6. The van der Waals surface area contributed by atoms with Crippen LogP contribution in [0.25, 0.3) is 0 Å². The molecule has 1 aromatic heterocycles. The van der Waals surface area contributed by atoms with E-state index in [-0.39, 0.29) is 11.0 Å². The van der Waals surface area contributed by atoms with Gasteiger partial charge in [-0.05, 0) is 0 Å². The van der Waals surface area contributed by atoms with Crippen molar-refractivity contribution in [3.05, 3.63) is 5.82 Å². The number of hydrogen-bond donors (Lipinski definition) is 2. The summed E-state index contributed by atoms with van der Waals surface area (Å²) in [4.78, 5) is 28.9. The predicted octanol–water partition coefficient (Wildman–Crippen LogP) is -1.26. The largest absolute Gasteiger partial charge is 0.479 e. The lowest BCUT2D eigenvalue weighted by Gasteiger charge is -1.96. The highest BCUT2D eigenvalue weighted by Gasteiger charge is 2.17. The molecule has 0 fully saturated rings. The number of amides is 1. The first kappa shape index (κ1) is 11.8. The zero-order chi connectivity index (χ0) is 12.1. The van der Waals surface area contributed by atoms with Crippen molar-refractivity contribution in [2.75, 3.05) is 12.3 Å². The molecular formula is C6H6N5O4S. The summed E-state index contributed by atoms with van der Waals surface area (Å²) in [5.74, 6) is -2.61. The number of nitrogens with two attached hydrogens (primary N) is 1. The van der Waals surface area contributed by atoms with Crippen molar-refractivity contribution in [3.8, 4) is 0 Å². The molecule has 0 aliphatic heterocycles. The van der Waals surface area contributed by atoms with Crippen molar-refractivity contribution in [3.63, 3.8) is 0 Å².